The lowest BCUT2D eigenvalue weighted by Gasteiger charge is -1.92. The van der Waals surface area contributed by atoms with Gasteiger partial charge >= 0.3 is 0 Å². The number of hydrogen-bond donors (Lipinski definition) is 1. The first kappa shape index (κ1) is 6.87. The Bertz CT molecular complexity index is 183. The lowest BCUT2D eigenvalue weighted by molar-refractivity contribution is 1.22. The second kappa shape index (κ2) is 2.56. The molecule has 0 radical (unpaired) electrons. The zero-order chi connectivity index (χ0) is 6.85. The van der Waals surface area contributed by atoms with Gasteiger partial charge in [-0.1, -0.05) is 15.9 Å². The molecule has 1 rings (SSSR count). The van der Waals surface area contributed by atoms with Gasteiger partial charge in [0.1, 0.15) is 0 Å². The van der Waals surface area contributed by atoms with E-state index in [1.165, 1.54) is 16.8 Å². The molecule has 0 fully saturated rings. The Morgan fingerprint density at radius 1 is 1.56 bits per heavy atom. The summed E-state index contributed by atoms with van der Waals surface area (Å²) in [6.45, 7) is 4.20. The largest absolute Gasteiger partial charge is 0.365 e. The molecular weight excluding hydrogens is 178 g/mol. The van der Waals surface area contributed by atoms with Crippen molar-refractivity contribution in [2.75, 3.05) is 0 Å². The quantitative estimate of drug-likeness (QED) is 0.651. The first-order chi connectivity index (χ1) is 4.25. The second-order valence-electron chi connectivity index (χ2n) is 2.21. The number of halogens is 1. The first-order valence-corrected chi connectivity index (χ1v) is 4.07. The summed E-state index contributed by atoms with van der Waals surface area (Å²) in [7, 11) is 0. The summed E-state index contributed by atoms with van der Waals surface area (Å²) in [6.07, 6.45) is 2.03. The minimum absolute atomic E-state index is 0.953. The molecular formula is C7H10BrN. The SMILES string of the molecule is Cc1c[nH]c(C)c1CBr. The third-order valence-corrected chi connectivity index (χ3v) is 2.13. The minimum Gasteiger partial charge on any atom is -0.365 e. The summed E-state index contributed by atoms with van der Waals surface area (Å²) in [4.78, 5) is 3.16. The Balaban J connectivity index is 3.07. The molecule has 0 unspecified atom stereocenters. The zero-order valence-electron chi connectivity index (χ0n) is 5.66. The molecule has 2 heteroatoms. The van der Waals surface area contributed by atoms with E-state index in [9.17, 15) is 0 Å². The van der Waals surface area contributed by atoms with Crippen LogP contribution < -0.4 is 0 Å². The molecule has 0 saturated carbocycles. The van der Waals surface area contributed by atoms with E-state index in [0.29, 0.717) is 0 Å². The van der Waals surface area contributed by atoms with Crippen LogP contribution in [0.1, 0.15) is 16.8 Å². The minimum atomic E-state index is 0.953. The molecule has 0 aromatic carbocycles. The average molecular weight is 188 g/mol. The number of aromatic amines is 1. The summed E-state index contributed by atoms with van der Waals surface area (Å²) in [6, 6.07) is 0. The van der Waals surface area contributed by atoms with E-state index >= 15 is 0 Å². The third-order valence-electron chi connectivity index (χ3n) is 1.57. The van der Waals surface area contributed by atoms with Crippen molar-refractivity contribution in [1.82, 2.24) is 4.98 Å². The lowest BCUT2D eigenvalue weighted by atomic mass is 10.2. The molecule has 0 atom stereocenters. The topological polar surface area (TPSA) is 15.8 Å². The maximum Gasteiger partial charge on any atom is 0.0303 e. The number of H-pyrrole nitrogens is 1. The van der Waals surface area contributed by atoms with Gasteiger partial charge in [0.25, 0.3) is 0 Å². The Labute approximate surface area is 63.6 Å². The highest BCUT2D eigenvalue weighted by Crippen LogP contribution is 2.14. The van der Waals surface area contributed by atoms with E-state index in [0.717, 1.165) is 5.33 Å². The Hall–Kier alpha value is -0.240. The van der Waals surface area contributed by atoms with Gasteiger partial charge in [0, 0.05) is 17.2 Å². The van der Waals surface area contributed by atoms with Crippen LogP contribution in [-0.2, 0) is 5.33 Å². The predicted molar refractivity (Wildman–Crippen MR) is 42.9 cm³/mol. The van der Waals surface area contributed by atoms with Crippen molar-refractivity contribution in [3.05, 3.63) is 23.0 Å². The monoisotopic (exact) mass is 187 g/mol. The second-order valence-corrected chi connectivity index (χ2v) is 2.77. The number of alkyl halides is 1. The van der Waals surface area contributed by atoms with E-state index in [2.05, 4.69) is 34.8 Å². The molecule has 1 N–H and O–H groups in total. The molecule has 0 spiro atoms. The van der Waals surface area contributed by atoms with Crippen molar-refractivity contribution >= 4 is 15.9 Å². The fraction of sp³-hybridized carbons (Fsp3) is 0.429. The van der Waals surface area contributed by atoms with E-state index in [4.69, 9.17) is 0 Å². The molecule has 1 aromatic heterocycles. The van der Waals surface area contributed by atoms with Crippen LogP contribution in [0.2, 0.25) is 0 Å². The van der Waals surface area contributed by atoms with Crippen LogP contribution in [0.4, 0.5) is 0 Å². The van der Waals surface area contributed by atoms with Crippen LogP contribution in [0.15, 0.2) is 6.20 Å². The van der Waals surface area contributed by atoms with Crippen molar-refractivity contribution in [2.45, 2.75) is 19.2 Å². The average Bonchev–Trinajstić information content (AvgIpc) is 2.12. The van der Waals surface area contributed by atoms with E-state index in [1.807, 2.05) is 6.20 Å². The molecule has 50 valence electrons. The maximum atomic E-state index is 3.42. The number of hydrogen-bond acceptors (Lipinski definition) is 0. The van der Waals surface area contributed by atoms with E-state index in [-0.39, 0.29) is 0 Å². The number of aryl methyl sites for hydroxylation is 2. The molecule has 0 saturated heterocycles. The van der Waals surface area contributed by atoms with Crippen molar-refractivity contribution in [1.29, 1.82) is 0 Å². The van der Waals surface area contributed by atoms with Gasteiger partial charge in [-0.3, -0.25) is 0 Å². The smallest absolute Gasteiger partial charge is 0.0303 e. The standard InChI is InChI=1S/C7H10BrN/c1-5-4-9-6(2)7(5)3-8/h4,9H,3H2,1-2H3. The highest BCUT2D eigenvalue weighted by Gasteiger charge is 1.99. The van der Waals surface area contributed by atoms with Crippen LogP contribution >= 0.6 is 15.9 Å². The fourth-order valence-electron chi connectivity index (χ4n) is 0.892. The Morgan fingerprint density at radius 3 is 2.44 bits per heavy atom. The normalized spacial score (nSPS) is 10.1. The zero-order valence-corrected chi connectivity index (χ0v) is 7.25. The van der Waals surface area contributed by atoms with Crippen molar-refractivity contribution in [2.24, 2.45) is 0 Å². The van der Waals surface area contributed by atoms with Crippen LogP contribution in [0.3, 0.4) is 0 Å². The van der Waals surface area contributed by atoms with Gasteiger partial charge in [0.2, 0.25) is 0 Å². The Kier molecular flexibility index (Phi) is 1.96. The van der Waals surface area contributed by atoms with Gasteiger partial charge in [-0.05, 0) is 25.0 Å². The number of aromatic nitrogens is 1. The molecule has 0 amide bonds. The highest BCUT2D eigenvalue weighted by atomic mass is 79.9. The molecule has 0 aliphatic heterocycles. The van der Waals surface area contributed by atoms with Gasteiger partial charge in [-0.15, -0.1) is 0 Å². The number of nitrogens with one attached hydrogen (secondary N) is 1. The van der Waals surface area contributed by atoms with Crippen molar-refractivity contribution < 1.29 is 0 Å². The van der Waals surface area contributed by atoms with Gasteiger partial charge in [-0.25, -0.2) is 0 Å². The van der Waals surface area contributed by atoms with Crippen molar-refractivity contribution in [3.63, 3.8) is 0 Å². The van der Waals surface area contributed by atoms with E-state index in [1.54, 1.807) is 0 Å². The van der Waals surface area contributed by atoms with Gasteiger partial charge in [-0.2, -0.15) is 0 Å². The number of rotatable bonds is 1. The summed E-state index contributed by atoms with van der Waals surface area (Å²) >= 11 is 3.42. The summed E-state index contributed by atoms with van der Waals surface area (Å²) in [5.41, 5.74) is 3.99. The van der Waals surface area contributed by atoms with Crippen LogP contribution in [0.5, 0.6) is 0 Å². The van der Waals surface area contributed by atoms with Crippen molar-refractivity contribution in [3.8, 4) is 0 Å². The lowest BCUT2D eigenvalue weighted by Crippen LogP contribution is -1.79. The Morgan fingerprint density at radius 2 is 2.22 bits per heavy atom. The van der Waals surface area contributed by atoms with Gasteiger partial charge in [0.05, 0.1) is 0 Å². The van der Waals surface area contributed by atoms with Crippen LogP contribution in [0, 0.1) is 13.8 Å². The van der Waals surface area contributed by atoms with Crippen LogP contribution in [0.25, 0.3) is 0 Å². The maximum absolute atomic E-state index is 3.42. The molecule has 1 heterocycles. The van der Waals surface area contributed by atoms with Crippen LogP contribution in [-0.4, -0.2) is 4.98 Å². The summed E-state index contributed by atoms with van der Waals surface area (Å²) in [5, 5.41) is 0.953. The van der Waals surface area contributed by atoms with Gasteiger partial charge < -0.3 is 4.98 Å². The molecule has 9 heavy (non-hydrogen) atoms. The molecule has 0 aliphatic rings. The fourth-order valence-corrected chi connectivity index (χ4v) is 1.75. The predicted octanol–water partition coefficient (Wildman–Crippen LogP) is 2.53. The molecule has 1 aromatic rings. The molecule has 0 bridgehead atoms. The van der Waals surface area contributed by atoms with E-state index < -0.39 is 0 Å². The summed E-state index contributed by atoms with van der Waals surface area (Å²) < 4.78 is 0. The highest BCUT2D eigenvalue weighted by molar-refractivity contribution is 9.08. The summed E-state index contributed by atoms with van der Waals surface area (Å²) in [5.74, 6) is 0. The molecule has 1 nitrogen and oxygen atoms in total. The first-order valence-electron chi connectivity index (χ1n) is 2.95. The molecule has 0 aliphatic carbocycles. The third kappa shape index (κ3) is 1.18. The van der Waals surface area contributed by atoms with Gasteiger partial charge in [0.15, 0.2) is 0 Å².